The number of carbonyl (C=O) groups is 2. The zero-order chi connectivity index (χ0) is 24.6. The molecule has 5 atom stereocenters. The van der Waals surface area contributed by atoms with Gasteiger partial charge in [-0.05, 0) is 68.8 Å². The summed E-state index contributed by atoms with van der Waals surface area (Å²) < 4.78 is 2.06. The van der Waals surface area contributed by atoms with Crippen LogP contribution in [-0.2, 0) is 9.59 Å². The third-order valence-corrected chi connectivity index (χ3v) is 9.11. The Balaban J connectivity index is 1.24. The van der Waals surface area contributed by atoms with Gasteiger partial charge >= 0.3 is 11.8 Å². The van der Waals surface area contributed by atoms with Gasteiger partial charge in [-0.1, -0.05) is 0 Å². The number of nitriles is 1. The molecule has 1 aliphatic heterocycles. The fourth-order valence-corrected chi connectivity index (χ4v) is 7.80. The number of aromatic nitrogens is 4. The Hall–Kier alpha value is -3.45. The Morgan fingerprint density at radius 3 is 2.61 bits per heavy atom. The second-order valence-electron chi connectivity index (χ2n) is 11.4. The van der Waals surface area contributed by atoms with Gasteiger partial charge in [-0.3, -0.25) is 14.3 Å². The molecule has 3 aromatic rings. The van der Waals surface area contributed by atoms with Gasteiger partial charge in [0.25, 0.3) is 0 Å². The second kappa shape index (κ2) is 7.77. The third kappa shape index (κ3) is 3.25. The van der Waals surface area contributed by atoms with Crippen LogP contribution in [0.4, 0.5) is 5.82 Å². The second-order valence-corrected chi connectivity index (χ2v) is 11.4. The minimum atomic E-state index is -0.717. The smallest absolute Gasteiger partial charge is 0.315 e. The SMILES string of the molecule is N#CC1CCN(C(=O)C(=O)Nc2nn([C@H]3[C@@H]4CC5C[C@H]3C[C@@](O)(C5)C4)c3c2cnc2[nH]ccc23)CC1. The number of piperidine rings is 1. The van der Waals surface area contributed by atoms with Crippen molar-refractivity contribution in [1.29, 1.82) is 5.26 Å². The number of hydrogen-bond acceptors (Lipinski definition) is 6. The molecule has 1 unspecified atom stereocenters. The van der Waals surface area contributed by atoms with E-state index in [1.807, 2.05) is 12.3 Å². The number of anilines is 1. The van der Waals surface area contributed by atoms with Crippen molar-refractivity contribution in [3.05, 3.63) is 18.5 Å². The molecule has 1 saturated heterocycles. The Kier molecular flexibility index (Phi) is 4.71. The molecule has 10 heteroatoms. The molecule has 3 N–H and O–H groups in total. The highest BCUT2D eigenvalue weighted by Crippen LogP contribution is 2.60. The largest absolute Gasteiger partial charge is 0.390 e. The van der Waals surface area contributed by atoms with E-state index >= 15 is 0 Å². The summed E-state index contributed by atoms with van der Waals surface area (Å²) in [4.78, 5) is 35.1. The van der Waals surface area contributed by atoms with Crippen molar-refractivity contribution in [2.24, 2.45) is 23.7 Å². The van der Waals surface area contributed by atoms with Crippen molar-refractivity contribution in [1.82, 2.24) is 24.6 Å². The molecule has 0 radical (unpaired) electrons. The van der Waals surface area contributed by atoms with E-state index in [0.717, 1.165) is 48.7 Å². The molecule has 2 amide bonds. The number of nitrogens with one attached hydrogen (secondary N) is 2. The number of H-pyrrole nitrogens is 1. The van der Waals surface area contributed by atoms with Crippen molar-refractivity contribution in [3.8, 4) is 6.07 Å². The number of hydrogen-bond donors (Lipinski definition) is 3. The van der Waals surface area contributed by atoms with E-state index in [1.54, 1.807) is 6.20 Å². The Labute approximate surface area is 207 Å². The van der Waals surface area contributed by atoms with Crippen molar-refractivity contribution in [2.45, 2.75) is 56.6 Å². The maximum absolute atomic E-state index is 13.0. The fourth-order valence-electron chi connectivity index (χ4n) is 7.80. The lowest BCUT2D eigenvalue weighted by Gasteiger charge is -2.57. The van der Waals surface area contributed by atoms with Crippen LogP contribution in [0.15, 0.2) is 18.5 Å². The van der Waals surface area contributed by atoms with E-state index in [1.165, 1.54) is 4.90 Å². The van der Waals surface area contributed by atoms with E-state index in [-0.39, 0.29) is 12.0 Å². The maximum atomic E-state index is 13.0. The van der Waals surface area contributed by atoms with Crippen LogP contribution in [0.25, 0.3) is 21.9 Å². The third-order valence-electron chi connectivity index (χ3n) is 9.11. The molecule has 36 heavy (non-hydrogen) atoms. The normalized spacial score (nSPS) is 31.7. The van der Waals surface area contributed by atoms with Gasteiger partial charge in [0.05, 0.1) is 28.6 Å². The Morgan fingerprint density at radius 1 is 1.17 bits per heavy atom. The van der Waals surface area contributed by atoms with E-state index in [0.29, 0.717) is 54.9 Å². The first kappa shape index (κ1) is 21.8. The summed E-state index contributed by atoms with van der Waals surface area (Å²) in [5, 5.41) is 29.6. The van der Waals surface area contributed by atoms with Crippen LogP contribution in [0.2, 0.25) is 0 Å². The molecule has 4 aliphatic carbocycles. The van der Waals surface area contributed by atoms with Crippen LogP contribution in [0.1, 0.15) is 51.0 Å². The number of fused-ring (bicyclic) bond motifs is 3. The number of amides is 2. The summed E-state index contributed by atoms with van der Waals surface area (Å²) in [5.74, 6) is 0.203. The van der Waals surface area contributed by atoms with E-state index < -0.39 is 17.4 Å². The molecule has 4 heterocycles. The number of aliphatic hydroxyl groups is 1. The molecular formula is C26H29N7O3. The van der Waals surface area contributed by atoms with E-state index in [9.17, 15) is 14.7 Å². The summed E-state index contributed by atoms with van der Waals surface area (Å²) in [6.45, 7) is 0.807. The Bertz CT molecular complexity index is 1410. The first-order chi connectivity index (χ1) is 17.4. The monoisotopic (exact) mass is 487 g/mol. The minimum absolute atomic E-state index is 0.0642. The van der Waals surface area contributed by atoms with Gasteiger partial charge in [0.15, 0.2) is 5.82 Å². The number of rotatable bonds is 2. The molecule has 3 aromatic heterocycles. The average molecular weight is 488 g/mol. The predicted octanol–water partition coefficient (Wildman–Crippen LogP) is 2.73. The summed E-state index contributed by atoms with van der Waals surface area (Å²) in [6.07, 6.45) is 9.38. The van der Waals surface area contributed by atoms with Crippen LogP contribution in [0.5, 0.6) is 0 Å². The molecule has 10 nitrogen and oxygen atoms in total. The van der Waals surface area contributed by atoms with Crippen molar-refractivity contribution in [3.63, 3.8) is 0 Å². The average Bonchev–Trinajstić information content (AvgIpc) is 3.47. The molecule has 8 rings (SSSR count). The molecule has 186 valence electrons. The minimum Gasteiger partial charge on any atom is -0.390 e. The lowest BCUT2D eigenvalue weighted by Crippen LogP contribution is -2.55. The van der Waals surface area contributed by atoms with Gasteiger partial charge in [0, 0.05) is 36.8 Å². The van der Waals surface area contributed by atoms with Crippen LogP contribution in [-0.4, -0.2) is 60.3 Å². The zero-order valence-electron chi connectivity index (χ0n) is 20.0. The zero-order valence-corrected chi connectivity index (χ0v) is 20.0. The van der Waals surface area contributed by atoms with Crippen molar-refractivity contribution < 1.29 is 14.7 Å². The molecule has 4 saturated carbocycles. The summed E-state index contributed by atoms with van der Waals surface area (Å²) in [5.41, 5.74) is 1.10. The molecule has 5 fully saturated rings. The summed E-state index contributed by atoms with van der Waals surface area (Å²) >= 11 is 0. The quantitative estimate of drug-likeness (QED) is 0.475. The van der Waals surface area contributed by atoms with Gasteiger partial charge in [-0.25, -0.2) is 4.98 Å². The van der Waals surface area contributed by atoms with Crippen LogP contribution < -0.4 is 5.32 Å². The number of aromatic amines is 1. The van der Waals surface area contributed by atoms with Crippen LogP contribution in [0.3, 0.4) is 0 Å². The maximum Gasteiger partial charge on any atom is 0.315 e. The molecular weight excluding hydrogens is 458 g/mol. The molecule has 0 spiro atoms. The van der Waals surface area contributed by atoms with Crippen molar-refractivity contribution >= 4 is 39.6 Å². The van der Waals surface area contributed by atoms with Gasteiger partial charge in [-0.2, -0.15) is 10.4 Å². The van der Waals surface area contributed by atoms with Crippen molar-refractivity contribution in [2.75, 3.05) is 18.4 Å². The number of nitrogens with zero attached hydrogens (tertiary/aromatic N) is 5. The van der Waals surface area contributed by atoms with E-state index in [2.05, 4.69) is 26.0 Å². The van der Waals surface area contributed by atoms with Crippen LogP contribution >= 0.6 is 0 Å². The number of carbonyl (C=O) groups excluding carboxylic acids is 2. The first-order valence-corrected chi connectivity index (χ1v) is 13.0. The standard InChI is InChI=1S/C26H29N7O3/c27-12-14-2-5-32(6-3-14)25(35)24(34)30-23-19-13-29-22-18(1-4-28-22)21(19)33(31-23)20-16-7-15-8-17(20)11-26(36,9-15)10-16/h1,4,13-17,20,36H,2-3,5-11H2,(H,28,29)(H,30,31,34)/t15?,16-,17+,20+,26-. The number of likely N-dealkylation sites (tertiary alicyclic amines) is 1. The lowest BCUT2D eigenvalue weighted by atomic mass is 9.52. The molecule has 5 aliphatic rings. The predicted molar refractivity (Wildman–Crippen MR) is 130 cm³/mol. The van der Waals surface area contributed by atoms with Gasteiger partial charge < -0.3 is 20.3 Å². The van der Waals surface area contributed by atoms with Gasteiger partial charge in [0.1, 0.15) is 5.65 Å². The lowest BCUT2D eigenvalue weighted by molar-refractivity contribution is -0.148. The van der Waals surface area contributed by atoms with E-state index in [4.69, 9.17) is 10.4 Å². The summed E-state index contributed by atoms with van der Waals surface area (Å²) in [6, 6.07) is 4.36. The topological polar surface area (TPSA) is 140 Å². The highest BCUT2D eigenvalue weighted by Gasteiger charge is 2.56. The van der Waals surface area contributed by atoms with Gasteiger partial charge in [0.2, 0.25) is 0 Å². The van der Waals surface area contributed by atoms with Crippen LogP contribution in [0, 0.1) is 35.0 Å². The summed E-state index contributed by atoms with van der Waals surface area (Å²) in [7, 11) is 0. The number of pyridine rings is 1. The van der Waals surface area contributed by atoms with Gasteiger partial charge in [-0.15, -0.1) is 0 Å². The Morgan fingerprint density at radius 2 is 1.92 bits per heavy atom. The fraction of sp³-hybridized carbons (Fsp3) is 0.577. The highest BCUT2D eigenvalue weighted by molar-refractivity contribution is 6.40. The first-order valence-electron chi connectivity index (χ1n) is 13.0. The molecule has 0 aromatic carbocycles. The highest BCUT2D eigenvalue weighted by atomic mass is 16.3. The molecule has 4 bridgehead atoms.